The Bertz CT molecular complexity index is 827. The molecule has 130 valence electrons. The number of nitro groups is 1. The predicted octanol–water partition coefficient (Wildman–Crippen LogP) is 3.28. The lowest BCUT2D eigenvalue weighted by atomic mass is 10.2. The van der Waals surface area contributed by atoms with E-state index in [1.165, 1.54) is 12.3 Å². The van der Waals surface area contributed by atoms with E-state index >= 15 is 0 Å². The van der Waals surface area contributed by atoms with Crippen LogP contribution in [0.25, 0.3) is 0 Å². The number of rotatable bonds is 5. The number of aromatic hydroxyl groups is 1. The van der Waals surface area contributed by atoms with Crippen LogP contribution in [0.2, 0.25) is 5.02 Å². The average molecular weight is 381 g/mol. The molecule has 0 aliphatic rings. The number of anilines is 1. The van der Waals surface area contributed by atoms with Gasteiger partial charge in [0.25, 0.3) is 0 Å². The molecule has 0 aromatic heterocycles. The number of hydrazone groups is 1. The normalized spacial score (nSPS) is 10.5. The number of methoxy groups -OCH3 is 1. The van der Waals surface area contributed by atoms with Gasteiger partial charge in [0.05, 0.1) is 18.2 Å². The molecule has 0 saturated heterocycles. The molecule has 10 heteroatoms. The van der Waals surface area contributed by atoms with Crippen molar-refractivity contribution in [3.63, 3.8) is 0 Å². The van der Waals surface area contributed by atoms with E-state index in [2.05, 4.69) is 15.8 Å². The molecule has 0 radical (unpaired) electrons. The molecule has 0 spiro atoms. The van der Waals surface area contributed by atoms with Gasteiger partial charge >= 0.3 is 5.69 Å². The highest BCUT2D eigenvalue weighted by Crippen LogP contribution is 2.32. The number of benzene rings is 2. The molecule has 2 aromatic rings. The van der Waals surface area contributed by atoms with Gasteiger partial charge in [-0.05, 0) is 42.5 Å². The molecule has 0 unspecified atom stereocenters. The van der Waals surface area contributed by atoms with E-state index in [-0.39, 0.29) is 15.7 Å². The van der Waals surface area contributed by atoms with Gasteiger partial charge in [0.2, 0.25) is 5.75 Å². The van der Waals surface area contributed by atoms with Crippen molar-refractivity contribution in [1.82, 2.24) is 5.43 Å². The van der Waals surface area contributed by atoms with Gasteiger partial charge in [0.15, 0.2) is 5.11 Å². The van der Waals surface area contributed by atoms with Crippen molar-refractivity contribution in [2.75, 3.05) is 12.4 Å². The maximum atomic E-state index is 10.8. The standard InChI is InChI=1S/C15H13ClN4O4S/c1-24-12-4-2-11(3-5-12)18-15(25)19-17-8-9-6-10(16)7-13(14(9)21)20(22)23/h2-8,21H,1H3,(H2,18,19,25)/b17-8-. The van der Waals surface area contributed by atoms with Crippen LogP contribution in [-0.2, 0) is 0 Å². The summed E-state index contributed by atoms with van der Waals surface area (Å²) in [7, 11) is 1.57. The third kappa shape index (κ3) is 5.03. The van der Waals surface area contributed by atoms with Crippen molar-refractivity contribution in [2.45, 2.75) is 0 Å². The number of nitro benzene ring substituents is 1. The van der Waals surface area contributed by atoms with E-state index in [4.69, 9.17) is 28.6 Å². The largest absolute Gasteiger partial charge is 0.502 e. The van der Waals surface area contributed by atoms with Crippen LogP contribution in [0.1, 0.15) is 5.56 Å². The molecule has 0 aliphatic heterocycles. The van der Waals surface area contributed by atoms with Crippen molar-refractivity contribution in [3.8, 4) is 11.5 Å². The first-order valence-corrected chi connectivity index (χ1v) is 7.60. The highest BCUT2D eigenvalue weighted by molar-refractivity contribution is 7.80. The Morgan fingerprint density at radius 1 is 1.40 bits per heavy atom. The third-order valence-electron chi connectivity index (χ3n) is 3.00. The summed E-state index contributed by atoms with van der Waals surface area (Å²) >= 11 is 10.9. The van der Waals surface area contributed by atoms with E-state index in [1.54, 1.807) is 31.4 Å². The van der Waals surface area contributed by atoms with E-state index < -0.39 is 16.4 Å². The lowest BCUT2D eigenvalue weighted by Gasteiger charge is -2.07. The van der Waals surface area contributed by atoms with Crippen molar-refractivity contribution in [1.29, 1.82) is 0 Å². The van der Waals surface area contributed by atoms with E-state index in [9.17, 15) is 15.2 Å². The van der Waals surface area contributed by atoms with Crippen LogP contribution >= 0.6 is 23.8 Å². The van der Waals surface area contributed by atoms with Crippen LogP contribution in [0.5, 0.6) is 11.5 Å². The summed E-state index contributed by atoms with van der Waals surface area (Å²) in [6.07, 6.45) is 1.18. The number of nitrogens with zero attached hydrogens (tertiary/aromatic N) is 2. The molecule has 2 rings (SSSR count). The summed E-state index contributed by atoms with van der Waals surface area (Å²) < 4.78 is 5.05. The predicted molar refractivity (Wildman–Crippen MR) is 99.7 cm³/mol. The second kappa shape index (κ2) is 8.27. The molecule has 2 aromatic carbocycles. The fourth-order valence-electron chi connectivity index (χ4n) is 1.84. The molecule has 0 saturated carbocycles. The summed E-state index contributed by atoms with van der Waals surface area (Å²) in [5.41, 5.74) is 2.83. The number of hydrogen-bond donors (Lipinski definition) is 3. The molecule has 8 nitrogen and oxygen atoms in total. The first kappa shape index (κ1) is 18.4. The molecule has 0 aliphatic carbocycles. The average Bonchev–Trinajstić information content (AvgIpc) is 2.58. The molecule has 0 fully saturated rings. The second-order valence-electron chi connectivity index (χ2n) is 4.67. The summed E-state index contributed by atoms with van der Waals surface area (Å²) in [6, 6.07) is 9.45. The maximum absolute atomic E-state index is 10.8. The minimum atomic E-state index is -0.734. The lowest BCUT2D eigenvalue weighted by molar-refractivity contribution is -0.385. The first-order chi connectivity index (χ1) is 11.9. The minimum Gasteiger partial charge on any atom is -0.502 e. The van der Waals surface area contributed by atoms with Crippen LogP contribution in [0.15, 0.2) is 41.5 Å². The van der Waals surface area contributed by atoms with Gasteiger partial charge in [0, 0.05) is 22.3 Å². The van der Waals surface area contributed by atoms with Gasteiger partial charge in [0.1, 0.15) is 5.75 Å². The number of nitrogens with one attached hydrogen (secondary N) is 2. The quantitative estimate of drug-likeness (QED) is 0.316. The summed E-state index contributed by atoms with van der Waals surface area (Å²) in [5, 5.41) is 27.7. The van der Waals surface area contributed by atoms with Crippen molar-refractivity contribution in [2.24, 2.45) is 5.10 Å². The number of hydrogen-bond acceptors (Lipinski definition) is 6. The maximum Gasteiger partial charge on any atom is 0.312 e. The Morgan fingerprint density at radius 2 is 2.08 bits per heavy atom. The Morgan fingerprint density at radius 3 is 2.68 bits per heavy atom. The zero-order valence-electron chi connectivity index (χ0n) is 12.9. The Balaban J connectivity index is 2.02. The third-order valence-corrected chi connectivity index (χ3v) is 3.41. The smallest absolute Gasteiger partial charge is 0.312 e. The van der Waals surface area contributed by atoms with Crippen molar-refractivity contribution < 1.29 is 14.8 Å². The molecule has 0 atom stereocenters. The highest BCUT2D eigenvalue weighted by Gasteiger charge is 2.17. The number of phenolic OH excluding ortho intramolecular Hbond substituents is 1. The van der Waals surface area contributed by atoms with Crippen LogP contribution in [0.3, 0.4) is 0 Å². The highest BCUT2D eigenvalue weighted by atomic mass is 35.5. The van der Waals surface area contributed by atoms with Crippen molar-refractivity contribution >= 4 is 46.5 Å². The van der Waals surface area contributed by atoms with Gasteiger partial charge in [-0.1, -0.05) is 11.6 Å². The van der Waals surface area contributed by atoms with E-state index in [0.717, 1.165) is 11.8 Å². The minimum absolute atomic E-state index is 0.0824. The summed E-state index contributed by atoms with van der Waals surface area (Å²) in [6.45, 7) is 0. The molecule has 25 heavy (non-hydrogen) atoms. The van der Waals surface area contributed by atoms with Crippen LogP contribution in [0.4, 0.5) is 11.4 Å². The van der Waals surface area contributed by atoms with E-state index in [0.29, 0.717) is 5.75 Å². The second-order valence-corrected chi connectivity index (χ2v) is 5.52. The van der Waals surface area contributed by atoms with Gasteiger partial charge in [-0.15, -0.1) is 0 Å². The Kier molecular flexibility index (Phi) is 6.09. The molecule has 0 heterocycles. The zero-order chi connectivity index (χ0) is 18.4. The Labute approximate surface area is 153 Å². The number of halogens is 1. The molecule has 3 N–H and O–H groups in total. The summed E-state index contributed by atoms with van der Waals surface area (Å²) in [4.78, 5) is 10.1. The lowest BCUT2D eigenvalue weighted by Crippen LogP contribution is -2.23. The van der Waals surface area contributed by atoms with Crippen LogP contribution < -0.4 is 15.5 Å². The van der Waals surface area contributed by atoms with E-state index in [1.807, 2.05) is 0 Å². The van der Waals surface area contributed by atoms with Gasteiger partial charge in [-0.2, -0.15) is 5.10 Å². The molecular formula is C15H13ClN4O4S. The number of phenols is 1. The number of thiocarbonyl (C=S) groups is 1. The SMILES string of the molecule is COc1ccc(NC(=S)N/N=C\c2cc(Cl)cc([N+](=O)[O-])c2O)cc1. The molecule has 0 bridgehead atoms. The zero-order valence-corrected chi connectivity index (χ0v) is 14.5. The Hall–Kier alpha value is -2.91. The topological polar surface area (TPSA) is 109 Å². The van der Waals surface area contributed by atoms with Crippen molar-refractivity contribution in [3.05, 3.63) is 57.1 Å². The van der Waals surface area contributed by atoms with Crippen LogP contribution in [0, 0.1) is 10.1 Å². The fraction of sp³-hybridized carbons (Fsp3) is 0.0667. The van der Waals surface area contributed by atoms with Gasteiger partial charge in [-0.3, -0.25) is 15.5 Å². The van der Waals surface area contributed by atoms with Gasteiger partial charge in [-0.25, -0.2) is 0 Å². The summed E-state index contributed by atoms with van der Waals surface area (Å²) in [5.74, 6) is 0.175. The monoisotopic (exact) mass is 380 g/mol. The van der Waals surface area contributed by atoms with Gasteiger partial charge < -0.3 is 15.2 Å². The van der Waals surface area contributed by atoms with Crippen LogP contribution in [-0.4, -0.2) is 28.5 Å². The first-order valence-electron chi connectivity index (χ1n) is 6.81. The number of ether oxygens (including phenoxy) is 1. The molecular weight excluding hydrogens is 368 g/mol. The fourth-order valence-corrected chi connectivity index (χ4v) is 2.23. The molecule has 0 amide bonds.